The van der Waals surface area contributed by atoms with Crippen LogP contribution in [0, 0.1) is 0 Å². The highest BCUT2D eigenvalue weighted by Gasteiger charge is 2.19. The van der Waals surface area contributed by atoms with E-state index in [-0.39, 0.29) is 31.1 Å². The minimum absolute atomic E-state index is 0.0695. The molecule has 0 aliphatic rings. The van der Waals surface area contributed by atoms with Crippen molar-refractivity contribution in [2.24, 2.45) is 0 Å². The van der Waals surface area contributed by atoms with E-state index in [1.807, 2.05) is 0 Å². The van der Waals surface area contributed by atoms with Crippen LogP contribution in [0.2, 0.25) is 0 Å². The zero-order chi connectivity index (χ0) is 57.8. The van der Waals surface area contributed by atoms with E-state index in [0.717, 1.165) is 103 Å². The monoisotopic (exact) mass is 1110 g/mol. The lowest BCUT2D eigenvalue weighted by Crippen LogP contribution is -2.30. The molecule has 0 aliphatic heterocycles. The Balaban J connectivity index is 4.12. The van der Waals surface area contributed by atoms with Crippen molar-refractivity contribution in [2.75, 3.05) is 13.2 Å². The molecule has 1 unspecified atom stereocenters. The summed E-state index contributed by atoms with van der Waals surface area (Å²) in [5.74, 6) is -0.852. The van der Waals surface area contributed by atoms with Crippen LogP contribution in [-0.2, 0) is 28.6 Å². The maximum absolute atomic E-state index is 12.9. The molecule has 0 N–H and O–H groups in total. The summed E-state index contributed by atoms with van der Waals surface area (Å²) in [5, 5.41) is 0. The molecule has 0 aromatic carbocycles. The lowest BCUT2D eigenvalue weighted by atomic mass is 10.0. The van der Waals surface area contributed by atoms with Gasteiger partial charge in [0.25, 0.3) is 0 Å². The number of hydrogen-bond acceptors (Lipinski definition) is 6. The maximum Gasteiger partial charge on any atom is 0.306 e. The molecule has 6 heteroatoms. The molecule has 0 fully saturated rings. The SMILES string of the molecule is CC/C=C\C/C=C\C/C=C\C/C=C\C/C=C\C/C=C\C/C=C\CCCCCCCCCCCCCCCC(=O)OCC(COC(=O)CCCCCCCCCCCCC)OC(=O)CCCCCCCCCCCCCCCCCC. The predicted molar refractivity (Wildman–Crippen MR) is 348 cm³/mol. The van der Waals surface area contributed by atoms with Gasteiger partial charge >= 0.3 is 17.9 Å². The zero-order valence-electron chi connectivity index (χ0n) is 53.1. The third-order valence-corrected chi connectivity index (χ3v) is 15.2. The normalized spacial score (nSPS) is 12.6. The van der Waals surface area contributed by atoms with Gasteiger partial charge in [0.15, 0.2) is 6.10 Å². The molecular formula is C74H130O6. The van der Waals surface area contributed by atoms with E-state index in [0.29, 0.717) is 19.3 Å². The summed E-state index contributed by atoms with van der Waals surface area (Å²) in [6, 6.07) is 0. The van der Waals surface area contributed by atoms with E-state index < -0.39 is 6.10 Å². The van der Waals surface area contributed by atoms with Gasteiger partial charge < -0.3 is 14.2 Å². The van der Waals surface area contributed by atoms with Crippen molar-refractivity contribution in [1.82, 2.24) is 0 Å². The van der Waals surface area contributed by atoms with Crippen molar-refractivity contribution >= 4 is 17.9 Å². The Labute approximate surface area is 496 Å². The van der Waals surface area contributed by atoms with Gasteiger partial charge in [0, 0.05) is 19.3 Å². The van der Waals surface area contributed by atoms with Gasteiger partial charge in [-0.25, -0.2) is 0 Å². The molecule has 0 saturated heterocycles. The Morgan fingerprint density at radius 3 is 0.762 bits per heavy atom. The number of allylic oxidation sites excluding steroid dienone is 14. The number of esters is 3. The Morgan fingerprint density at radius 1 is 0.263 bits per heavy atom. The third-order valence-electron chi connectivity index (χ3n) is 15.2. The van der Waals surface area contributed by atoms with E-state index in [2.05, 4.69) is 106 Å². The van der Waals surface area contributed by atoms with Gasteiger partial charge in [-0.1, -0.05) is 337 Å². The van der Waals surface area contributed by atoms with Gasteiger partial charge in [-0.2, -0.15) is 0 Å². The van der Waals surface area contributed by atoms with Crippen LogP contribution in [0.4, 0.5) is 0 Å². The summed E-state index contributed by atoms with van der Waals surface area (Å²) in [6.07, 6.45) is 90.4. The minimum atomic E-state index is -0.771. The summed E-state index contributed by atoms with van der Waals surface area (Å²) in [7, 11) is 0. The molecule has 0 spiro atoms. The van der Waals surface area contributed by atoms with Crippen molar-refractivity contribution in [3.63, 3.8) is 0 Å². The van der Waals surface area contributed by atoms with Crippen LogP contribution >= 0.6 is 0 Å². The molecule has 0 rings (SSSR count). The van der Waals surface area contributed by atoms with E-state index in [9.17, 15) is 14.4 Å². The van der Waals surface area contributed by atoms with Crippen molar-refractivity contribution in [2.45, 2.75) is 354 Å². The van der Waals surface area contributed by atoms with Crippen LogP contribution in [0.25, 0.3) is 0 Å². The first-order valence-corrected chi connectivity index (χ1v) is 34.6. The highest BCUT2D eigenvalue weighted by molar-refractivity contribution is 5.71. The molecule has 0 bridgehead atoms. The van der Waals surface area contributed by atoms with Crippen molar-refractivity contribution < 1.29 is 28.6 Å². The summed E-state index contributed by atoms with van der Waals surface area (Å²) in [4.78, 5) is 38.3. The summed E-state index contributed by atoms with van der Waals surface area (Å²) in [6.45, 7) is 6.56. The topological polar surface area (TPSA) is 78.9 Å². The quantitative estimate of drug-likeness (QED) is 0.0261. The van der Waals surface area contributed by atoms with Crippen LogP contribution in [0.5, 0.6) is 0 Å². The van der Waals surface area contributed by atoms with E-state index >= 15 is 0 Å². The number of rotatable bonds is 63. The minimum Gasteiger partial charge on any atom is -0.462 e. The Kier molecular flexibility index (Phi) is 65.2. The molecule has 6 nitrogen and oxygen atoms in total. The first-order chi connectivity index (χ1) is 39.5. The van der Waals surface area contributed by atoms with Gasteiger partial charge in [0.2, 0.25) is 0 Å². The van der Waals surface area contributed by atoms with Crippen LogP contribution in [0.1, 0.15) is 348 Å². The average molecular weight is 1120 g/mol. The molecular weight excluding hydrogens is 985 g/mol. The molecule has 0 amide bonds. The first-order valence-electron chi connectivity index (χ1n) is 34.6. The average Bonchev–Trinajstić information content (AvgIpc) is 3.46. The predicted octanol–water partition coefficient (Wildman–Crippen LogP) is 23.8. The van der Waals surface area contributed by atoms with Gasteiger partial charge in [-0.05, 0) is 77.0 Å². The maximum atomic E-state index is 12.9. The number of ether oxygens (including phenoxy) is 3. The van der Waals surface area contributed by atoms with Gasteiger partial charge in [-0.3, -0.25) is 14.4 Å². The molecule has 0 aromatic rings. The second-order valence-electron chi connectivity index (χ2n) is 23.1. The van der Waals surface area contributed by atoms with E-state index in [1.54, 1.807) is 0 Å². The lowest BCUT2D eigenvalue weighted by Gasteiger charge is -2.18. The molecule has 462 valence electrons. The summed E-state index contributed by atoms with van der Waals surface area (Å²) < 4.78 is 16.9. The van der Waals surface area contributed by atoms with E-state index in [4.69, 9.17) is 14.2 Å². The zero-order valence-corrected chi connectivity index (χ0v) is 53.1. The Hall–Kier alpha value is -3.41. The van der Waals surface area contributed by atoms with Crippen LogP contribution in [0.15, 0.2) is 85.1 Å². The van der Waals surface area contributed by atoms with Crippen LogP contribution < -0.4 is 0 Å². The number of carbonyl (C=O) groups is 3. The van der Waals surface area contributed by atoms with Crippen LogP contribution in [-0.4, -0.2) is 37.2 Å². The van der Waals surface area contributed by atoms with Gasteiger partial charge in [-0.15, -0.1) is 0 Å². The highest BCUT2D eigenvalue weighted by atomic mass is 16.6. The van der Waals surface area contributed by atoms with Crippen molar-refractivity contribution in [3.8, 4) is 0 Å². The second kappa shape index (κ2) is 68.1. The smallest absolute Gasteiger partial charge is 0.306 e. The molecule has 0 aliphatic carbocycles. The fraction of sp³-hybridized carbons (Fsp3) is 0.770. The third kappa shape index (κ3) is 65.4. The van der Waals surface area contributed by atoms with E-state index in [1.165, 1.54) is 205 Å². The Bertz CT molecular complexity index is 1520. The van der Waals surface area contributed by atoms with Gasteiger partial charge in [0.05, 0.1) is 0 Å². The largest absolute Gasteiger partial charge is 0.462 e. The molecule has 80 heavy (non-hydrogen) atoms. The standard InChI is InChI=1S/C74H130O6/c1-4-7-10-13-16-19-22-24-26-28-29-30-31-32-33-34-35-36-37-38-39-40-41-42-43-44-45-46-48-49-52-55-58-61-64-67-73(76)79-70-71(69-78-72(75)66-63-60-57-54-51-21-18-15-12-9-6-3)80-74(77)68-65-62-59-56-53-50-47-27-25-23-20-17-14-11-8-5-2/h7,10,16,19,24,26,29-30,32-33,35-36,38-39,71H,4-6,8-9,11-15,17-18,20-23,25,27-28,31,34,37,40-70H2,1-3H3/b10-7-,19-16-,26-24-,30-29-,33-32-,36-35-,39-38-. The summed E-state index contributed by atoms with van der Waals surface area (Å²) >= 11 is 0. The summed E-state index contributed by atoms with van der Waals surface area (Å²) in [5.41, 5.74) is 0. The Morgan fingerprint density at radius 2 is 0.487 bits per heavy atom. The lowest BCUT2D eigenvalue weighted by molar-refractivity contribution is -0.167. The van der Waals surface area contributed by atoms with Gasteiger partial charge in [0.1, 0.15) is 13.2 Å². The highest BCUT2D eigenvalue weighted by Crippen LogP contribution is 2.18. The molecule has 0 saturated carbocycles. The number of hydrogen-bond donors (Lipinski definition) is 0. The van der Waals surface area contributed by atoms with Crippen molar-refractivity contribution in [3.05, 3.63) is 85.1 Å². The van der Waals surface area contributed by atoms with Crippen molar-refractivity contribution in [1.29, 1.82) is 0 Å². The molecule has 0 radical (unpaired) electrons. The fourth-order valence-electron chi connectivity index (χ4n) is 10.0. The molecule has 0 heterocycles. The fourth-order valence-corrected chi connectivity index (χ4v) is 10.0. The second-order valence-corrected chi connectivity index (χ2v) is 23.1. The first kappa shape index (κ1) is 76.6. The molecule has 0 aromatic heterocycles. The van der Waals surface area contributed by atoms with Crippen LogP contribution in [0.3, 0.4) is 0 Å². The molecule has 1 atom stereocenters. The number of carbonyl (C=O) groups excluding carboxylic acids is 3. The number of unbranched alkanes of at least 4 members (excludes halogenated alkanes) is 38.